The van der Waals surface area contributed by atoms with Crippen LogP contribution in [0.3, 0.4) is 0 Å². The summed E-state index contributed by atoms with van der Waals surface area (Å²) in [4.78, 5) is 11.1. The largest absolute Gasteiger partial charge is 0.325 e. The van der Waals surface area contributed by atoms with Crippen molar-refractivity contribution >= 4 is 27.5 Å². The van der Waals surface area contributed by atoms with E-state index in [9.17, 15) is 4.79 Å². The van der Waals surface area contributed by atoms with Crippen molar-refractivity contribution in [3.63, 3.8) is 0 Å². The second-order valence-electron chi connectivity index (χ2n) is 2.97. The van der Waals surface area contributed by atoms with Crippen molar-refractivity contribution in [2.45, 2.75) is 18.7 Å². The number of aryl methyl sites for hydroxylation is 1. The van der Waals surface area contributed by atoms with Crippen LogP contribution in [0.2, 0.25) is 0 Å². The van der Waals surface area contributed by atoms with Gasteiger partial charge in [0.25, 0.3) is 0 Å². The highest BCUT2D eigenvalue weighted by Crippen LogP contribution is 2.11. The Kier molecular flexibility index (Phi) is 3.48. The molecule has 0 bridgehead atoms. The summed E-state index contributed by atoms with van der Waals surface area (Å²) in [6.07, 6.45) is 0. The molecule has 0 spiro atoms. The van der Waals surface area contributed by atoms with Gasteiger partial charge < -0.3 is 5.32 Å². The van der Waals surface area contributed by atoms with Crippen molar-refractivity contribution < 1.29 is 4.79 Å². The van der Waals surface area contributed by atoms with Gasteiger partial charge >= 0.3 is 0 Å². The lowest BCUT2D eigenvalue weighted by molar-refractivity contribution is -0.115. The second-order valence-corrected chi connectivity index (χ2v) is 4.35. The predicted octanol–water partition coefficient (Wildman–Crippen LogP) is 2.72. The van der Waals surface area contributed by atoms with Crippen molar-refractivity contribution in [3.05, 3.63) is 29.8 Å². The Morgan fingerprint density at radius 2 is 2.23 bits per heavy atom. The molecule has 3 heteroatoms. The Balaban J connectivity index is 2.69. The van der Waals surface area contributed by atoms with Gasteiger partial charge in [-0.25, -0.2) is 0 Å². The number of anilines is 1. The average Bonchev–Trinajstić information content (AvgIpc) is 2.04. The number of rotatable bonds is 2. The number of amides is 1. The predicted molar refractivity (Wildman–Crippen MR) is 58.2 cm³/mol. The number of hydrogen-bond acceptors (Lipinski definition) is 1. The fourth-order valence-corrected chi connectivity index (χ4v) is 1.08. The van der Waals surface area contributed by atoms with E-state index < -0.39 is 0 Å². The van der Waals surface area contributed by atoms with Gasteiger partial charge in [-0.1, -0.05) is 28.1 Å². The van der Waals surface area contributed by atoms with Crippen molar-refractivity contribution in [1.29, 1.82) is 0 Å². The minimum atomic E-state index is -0.159. The zero-order valence-electron chi connectivity index (χ0n) is 7.67. The highest BCUT2D eigenvalue weighted by molar-refractivity contribution is 9.10. The minimum absolute atomic E-state index is 0.0226. The van der Waals surface area contributed by atoms with Crippen molar-refractivity contribution in [2.24, 2.45) is 0 Å². The molecule has 0 aromatic heterocycles. The summed E-state index contributed by atoms with van der Waals surface area (Å²) in [5.41, 5.74) is 1.98. The molecule has 2 nitrogen and oxygen atoms in total. The summed E-state index contributed by atoms with van der Waals surface area (Å²) in [6, 6.07) is 7.73. The quantitative estimate of drug-likeness (QED) is 0.793. The highest BCUT2D eigenvalue weighted by atomic mass is 79.9. The molecule has 0 aliphatic rings. The van der Waals surface area contributed by atoms with Gasteiger partial charge in [0, 0.05) is 5.69 Å². The van der Waals surface area contributed by atoms with E-state index in [0.29, 0.717) is 0 Å². The number of halogens is 1. The lowest BCUT2D eigenvalue weighted by atomic mass is 10.2. The van der Waals surface area contributed by atoms with Crippen LogP contribution in [0.25, 0.3) is 0 Å². The molecule has 0 saturated carbocycles. The highest BCUT2D eigenvalue weighted by Gasteiger charge is 2.07. The van der Waals surface area contributed by atoms with Gasteiger partial charge in [0.05, 0.1) is 4.83 Å². The smallest absolute Gasteiger partial charge is 0.237 e. The first-order valence-corrected chi connectivity index (χ1v) is 5.03. The first-order chi connectivity index (χ1) is 6.09. The zero-order valence-corrected chi connectivity index (χ0v) is 9.26. The van der Waals surface area contributed by atoms with E-state index in [-0.39, 0.29) is 10.7 Å². The lowest BCUT2D eigenvalue weighted by Crippen LogP contribution is -2.19. The number of benzene rings is 1. The molecule has 1 unspecified atom stereocenters. The molecule has 0 heterocycles. The van der Waals surface area contributed by atoms with E-state index in [1.54, 1.807) is 6.92 Å². The second kappa shape index (κ2) is 4.42. The van der Waals surface area contributed by atoms with Crippen LogP contribution in [0.5, 0.6) is 0 Å². The Morgan fingerprint density at radius 3 is 2.77 bits per heavy atom. The first-order valence-electron chi connectivity index (χ1n) is 4.11. The summed E-state index contributed by atoms with van der Waals surface area (Å²) in [7, 11) is 0. The monoisotopic (exact) mass is 241 g/mol. The molecule has 1 atom stereocenters. The van der Waals surface area contributed by atoms with Gasteiger partial charge in [0.15, 0.2) is 0 Å². The van der Waals surface area contributed by atoms with Crippen LogP contribution in [0, 0.1) is 6.92 Å². The van der Waals surface area contributed by atoms with E-state index in [1.807, 2.05) is 31.2 Å². The van der Waals surface area contributed by atoms with Gasteiger partial charge in [-0.05, 0) is 31.5 Å². The third kappa shape index (κ3) is 3.19. The van der Waals surface area contributed by atoms with Crippen LogP contribution in [0.1, 0.15) is 12.5 Å². The summed E-state index contributed by atoms with van der Waals surface area (Å²) in [5.74, 6) is -0.0226. The Morgan fingerprint density at radius 1 is 1.54 bits per heavy atom. The standard InChI is InChI=1S/C10H12BrNO/c1-7-4-3-5-9(6-7)12-10(13)8(2)11/h3-6,8H,1-2H3,(H,12,13). The first kappa shape index (κ1) is 10.3. The van der Waals surface area contributed by atoms with E-state index in [1.165, 1.54) is 0 Å². The zero-order chi connectivity index (χ0) is 9.84. The molecule has 0 radical (unpaired) electrons. The number of nitrogens with one attached hydrogen (secondary N) is 1. The summed E-state index contributed by atoms with van der Waals surface area (Å²) >= 11 is 3.20. The normalized spacial score (nSPS) is 12.2. The van der Waals surface area contributed by atoms with Crippen LogP contribution in [0.4, 0.5) is 5.69 Å². The van der Waals surface area contributed by atoms with E-state index in [4.69, 9.17) is 0 Å². The molecule has 1 amide bonds. The van der Waals surface area contributed by atoms with Crippen molar-refractivity contribution in [3.8, 4) is 0 Å². The topological polar surface area (TPSA) is 29.1 Å². The molecule has 70 valence electrons. The SMILES string of the molecule is Cc1cccc(NC(=O)C(C)Br)c1. The number of alkyl halides is 1. The van der Waals surface area contributed by atoms with Gasteiger partial charge in [0.1, 0.15) is 0 Å². The number of hydrogen-bond donors (Lipinski definition) is 1. The molecular weight excluding hydrogens is 230 g/mol. The number of carbonyl (C=O) groups is 1. The Hall–Kier alpha value is -0.830. The van der Waals surface area contributed by atoms with Gasteiger partial charge in [-0.2, -0.15) is 0 Å². The third-order valence-electron chi connectivity index (χ3n) is 1.65. The van der Waals surface area contributed by atoms with Crippen LogP contribution < -0.4 is 5.32 Å². The molecule has 1 N–H and O–H groups in total. The molecule has 0 aliphatic carbocycles. The molecular formula is C10H12BrNO. The molecule has 1 aromatic rings. The number of carbonyl (C=O) groups excluding carboxylic acids is 1. The summed E-state index contributed by atoms with van der Waals surface area (Å²) in [6.45, 7) is 3.79. The van der Waals surface area contributed by atoms with Gasteiger partial charge in [-0.15, -0.1) is 0 Å². The summed E-state index contributed by atoms with van der Waals surface area (Å²) in [5, 5.41) is 2.80. The molecule has 13 heavy (non-hydrogen) atoms. The Labute approximate surface area is 86.5 Å². The molecule has 1 aromatic carbocycles. The minimum Gasteiger partial charge on any atom is -0.325 e. The van der Waals surface area contributed by atoms with E-state index >= 15 is 0 Å². The van der Waals surface area contributed by atoms with Gasteiger partial charge in [0.2, 0.25) is 5.91 Å². The average molecular weight is 242 g/mol. The van der Waals surface area contributed by atoms with Crippen LogP contribution in [-0.2, 0) is 4.79 Å². The fraction of sp³-hybridized carbons (Fsp3) is 0.300. The van der Waals surface area contributed by atoms with Crippen LogP contribution in [-0.4, -0.2) is 10.7 Å². The maximum atomic E-state index is 11.3. The maximum absolute atomic E-state index is 11.3. The fourth-order valence-electron chi connectivity index (χ4n) is 0.965. The Bertz CT molecular complexity index is 310. The maximum Gasteiger partial charge on any atom is 0.237 e. The molecule has 0 aliphatic heterocycles. The van der Waals surface area contributed by atoms with E-state index in [2.05, 4.69) is 21.2 Å². The van der Waals surface area contributed by atoms with Crippen LogP contribution >= 0.6 is 15.9 Å². The van der Waals surface area contributed by atoms with Crippen molar-refractivity contribution in [1.82, 2.24) is 0 Å². The van der Waals surface area contributed by atoms with Crippen molar-refractivity contribution in [2.75, 3.05) is 5.32 Å². The summed E-state index contributed by atoms with van der Waals surface area (Å²) < 4.78 is 0. The molecule has 1 rings (SSSR count). The third-order valence-corrected chi connectivity index (χ3v) is 2.06. The molecule has 0 saturated heterocycles. The lowest BCUT2D eigenvalue weighted by Gasteiger charge is -2.06. The van der Waals surface area contributed by atoms with Crippen LogP contribution in [0.15, 0.2) is 24.3 Å². The molecule has 0 fully saturated rings. The van der Waals surface area contributed by atoms with E-state index in [0.717, 1.165) is 11.3 Å². The van der Waals surface area contributed by atoms with Gasteiger partial charge in [-0.3, -0.25) is 4.79 Å².